The first-order chi connectivity index (χ1) is 9.45. The third-order valence-electron chi connectivity index (χ3n) is 3.97. The molecule has 0 saturated carbocycles. The Morgan fingerprint density at radius 2 is 2.25 bits per heavy atom. The number of nitrogens with zero attached hydrogens (tertiary/aromatic N) is 1. The summed E-state index contributed by atoms with van der Waals surface area (Å²) in [7, 11) is 1.62. The standard InChI is InChI=1S/C16H24N2O2/c1-12(2)11-18-9-8-16(18,3)15(19)17-13-6-5-7-14(10-13)20-4/h5-7,10,12H,8-9,11H2,1-4H3,(H,17,19). The van der Waals surface area contributed by atoms with Gasteiger partial charge in [0.1, 0.15) is 5.75 Å². The summed E-state index contributed by atoms with van der Waals surface area (Å²) < 4.78 is 5.17. The van der Waals surface area contributed by atoms with Crippen LogP contribution in [-0.2, 0) is 4.79 Å². The van der Waals surface area contributed by atoms with Gasteiger partial charge in [-0.15, -0.1) is 0 Å². The fraction of sp³-hybridized carbons (Fsp3) is 0.562. The molecule has 0 bridgehead atoms. The van der Waals surface area contributed by atoms with Gasteiger partial charge in [0, 0.05) is 24.8 Å². The predicted molar refractivity (Wildman–Crippen MR) is 81.1 cm³/mol. The summed E-state index contributed by atoms with van der Waals surface area (Å²) in [5.41, 5.74) is 0.403. The molecule has 0 aromatic heterocycles. The first-order valence-electron chi connectivity index (χ1n) is 7.16. The molecule has 0 spiro atoms. The monoisotopic (exact) mass is 276 g/mol. The van der Waals surface area contributed by atoms with E-state index in [-0.39, 0.29) is 11.4 Å². The molecule has 1 heterocycles. The van der Waals surface area contributed by atoms with Crippen molar-refractivity contribution in [3.05, 3.63) is 24.3 Å². The third kappa shape index (κ3) is 2.96. The molecular weight excluding hydrogens is 252 g/mol. The van der Waals surface area contributed by atoms with Crippen LogP contribution in [0.4, 0.5) is 5.69 Å². The van der Waals surface area contributed by atoms with Crippen LogP contribution in [0.5, 0.6) is 5.75 Å². The minimum Gasteiger partial charge on any atom is -0.497 e. The normalized spacial score (nSPS) is 22.4. The van der Waals surface area contributed by atoms with E-state index in [0.717, 1.165) is 30.9 Å². The predicted octanol–water partition coefficient (Wildman–Crippen LogP) is 2.75. The first-order valence-corrected chi connectivity index (χ1v) is 7.16. The van der Waals surface area contributed by atoms with E-state index in [1.807, 2.05) is 31.2 Å². The molecule has 0 radical (unpaired) electrons. The van der Waals surface area contributed by atoms with Crippen molar-refractivity contribution in [2.24, 2.45) is 5.92 Å². The highest BCUT2D eigenvalue weighted by molar-refractivity contribution is 5.98. The Hall–Kier alpha value is -1.55. The second kappa shape index (κ2) is 5.83. The average Bonchev–Trinajstić information content (AvgIpc) is 2.42. The van der Waals surface area contributed by atoms with Crippen molar-refractivity contribution >= 4 is 11.6 Å². The molecule has 110 valence electrons. The van der Waals surface area contributed by atoms with Crippen molar-refractivity contribution < 1.29 is 9.53 Å². The molecule has 4 heteroatoms. The maximum absolute atomic E-state index is 12.5. The van der Waals surface area contributed by atoms with E-state index in [9.17, 15) is 4.79 Å². The van der Waals surface area contributed by atoms with Crippen LogP contribution in [0.15, 0.2) is 24.3 Å². The van der Waals surface area contributed by atoms with Crippen molar-refractivity contribution in [2.75, 3.05) is 25.5 Å². The van der Waals surface area contributed by atoms with Gasteiger partial charge in [-0.2, -0.15) is 0 Å². The molecule has 1 amide bonds. The number of ether oxygens (including phenoxy) is 1. The van der Waals surface area contributed by atoms with Gasteiger partial charge in [0.25, 0.3) is 0 Å². The maximum atomic E-state index is 12.5. The lowest BCUT2D eigenvalue weighted by molar-refractivity contribution is -0.136. The number of amides is 1. The Morgan fingerprint density at radius 1 is 1.50 bits per heavy atom. The number of likely N-dealkylation sites (tertiary alicyclic amines) is 1. The number of benzene rings is 1. The van der Waals surface area contributed by atoms with Crippen LogP contribution >= 0.6 is 0 Å². The summed E-state index contributed by atoms with van der Waals surface area (Å²) in [5.74, 6) is 1.39. The number of nitrogens with one attached hydrogen (secondary N) is 1. The molecule has 4 nitrogen and oxygen atoms in total. The lowest BCUT2D eigenvalue weighted by Gasteiger charge is -2.49. The van der Waals surface area contributed by atoms with E-state index in [4.69, 9.17) is 4.74 Å². The highest BCUT2D eigenvalue weighted by atomic mass is 16.5. The van der Waals surface area contributed by atoms with Crippen molar-refractivity contribution in [3.8, 4) is 5.75 Å². The minimum absolute atomic E-state index is 0.0673. The zero-order valence-corrected chi connectivity index (χ0v) is 12.8. The molecule has 1 aliphatic heterocycles. The van der Waals surface area contributed by atoms with Gasteiger partial charge in [0.15, 0.2) is 0 Å². The number of rotatable bonds is 5. The molecule has 1 aliphatic rings. The highest BCUT2D eigenvalue weighted by Gasteiger charge is 2.46. The van der Waals surface area contributed by atoms with Crippen LogP contribution in [0.3, 0.4) is 0 Å². The van der Waals surface area contributed by atoms with Gasteiger partial charge in [0.2, 0.25) is 5.91 Å². The maximum Gasteiger partial charge on any atom is 0.244 e. The highest BCUT2D eigenvalue weighted by Crippen LogP contribution is 2.32. The van der Waals surface area contributed by atoms with Crippen molar-refractivity contribution in [1.29, 1.82) is 0 Å². The van der Waals surface area contributed by atoms with E-state index in [2.05, 4.69) is 24.1 Å². The number of carbonyl (C=O) groups excluding carboxylic acids is 1. The lowest BCUT2D eigenvalue weighted by Crippen LogP contribution is -2.64. The van der Waals surface area contributed by atoms with Gasteiger partial charge in [-0.3, -0.25) is 9.69 Å². The van der Waals surface area contributed by atoms with E-state index in [1.54, 1.807) is 7.11 Å². The molecule has 0 aliphatic carbocycles. The summed E-state index contributed by atoms with van der Waals surface area (Å²) in [6, 6.07) is 7.47. The molecule has 1 unspecified atom stereocenters. The summed E-state index contributed by atoms with van der Waals surface area (Å²) in [4.78, 5) is 14.8. The Balaban J connectivity index is 2.04. The average molecular weight is 276 g/mol. The second-order valence-corrected chi connectivity index (χ2v) is 6.05. The number of methoxy groups -OCH3 is 1. The van der Waals surface area contributed by atoms with Crippen molar-refractivity contribution in [3.63, 3.8) is 0 Å². The number of anilines is 1. The van der Waals surface area contributed by atoms with Crippen LogP contribution in [0.1, 0.15) is 27.2 Å². The number of hydrogen-bond donors (Lipinski definition) is 1. The van der Waals surface area contributed by atoms with Crippen LogP contribution in [0, 0.1) is 5.92 Å². The smallest absolute Gasteiger partial charge is 0.244 e. The molecule has 1 aromatic carbocycles. The quantitative estimate of drug-likeness (QED) is 0.899. The molecule has 1 saturated heterocycles. The fourth-order valence-electron chi connectivity index (χ4n) is 2.56. The minimum atomic E-state index is -0.382. The number of carbonyl (C=O) groups is 1. The van der Waals surface area contributed by atoms with Crippen LogP contribution < -0.4 is 10.1 Å². The van der Waals surface area contributed by atoms with Crippen LogP contribution in [0.2, 0.25) is 0 Å². The summed E-state index contributed by atoms with van der Waals surface area (Å²) in [6.45, 7) is 8.34. The Morgan fingerprint density at radius 3 is 2.80 bits per heavy atom. The first kappa shape index (κ1) is 14.9. The van der Waals surface area contributed by atoms with Gasteiger partial charge < -0.3 is 10.1 Å². The molecule has 1 aromatic rings. The Labute approximate surface area is 121 Å². The van der Waals surface area contributed by atoms with Crippen LogP contribution in [0.25, 0.3) is 0 Å². The Bertz CT molecular complexity index is 487. The number of hydrogen-bond acceptors (Lipinski definition) is 3. The molecule has 1 atom stereocenters. The van der Waals surface area contributed by atoms with Crippen molar-refractivity contribution in [2.45, 2.75) is 32.7 Å². The largest absolute Gasteiger partial charge is 0.497 e. The second-order valence-electron chi connectivity index (χ2n) is 6.05. The molecule has 1 N–H and O–H groups in total. The van der Waals surface area contributed by atoms with Gasteiger partial charge in [0.05, 0.1) is 12.6 Å². The van der Waals surface area contributed by atoms with Gasteiger partial charge in [-0.05, 0) is 31.4 Å². The summed E-state index contributed by atoms with van der Waals surface area (Å²) in [5, 5.41) is 3.00. The van der Waals surface area contributed by atoms with E-state index in [0.29, 0.717) is 5.92 Å². The van der Waals surface area contributed by atoms with E-state index >= 15 is 0 Å². The molecular formula is C16H24N2O2. The molecule has 20 heavy (non-hydrogen) atoms. The van der Waals surface area contributed by atoms with Gasteiger partial charge in [-0.1, -0.05) is 19.9 Å². The summed E-state index contributed by atoms with van der Waals surface area (Å²) in [6.07, 6.45) is 0.912. The third-order valence-corrected chi connectivity index (χ3v) is 3.97. The van der Waals surface area contributed by atoms with Crippen LogP contribution in [-0.4, -0.2) is 36.5 Å². The van der Waals surface area contributed by atoms with E-state index < -0.39 is 0 Å². The molecule has 2 rings (SSSR count). The fourth-order valence-corrected chi connectivity index (χ4v) is 2.56. The lowest BCUT2D eigenvalue weighted by atomic mass is 9.84. The van der Waals surface area contributed by atoms with Gasteiger partial charge >= 0.3 is 0 Å². The summed E-state index contributed by atoms with van der Waals surface area (Å²) >= 11 is 0. The Kier molecular flexibility index (Phi) is 4.33. The SMILES string of the molecule is COc1cccc(NC(=O)C2(C)CCN2CC(C)C)c1. The van der Waals surface area contributed by atoms with Crippen molar-refractivity contribution in [1.82, 2.24) is 4.90 Å². The zero-order chi connectivity index (χ0) is 14.8. The molecule has 1 fully saturated rings. The van der Waals surface area contributed by atoms with Gasteiger partial charge in [-0.25, -0.2) is 0 Å². The zero-order valence-electron chi connectivity index (χ0n) is 12.8. The van der Waals surface area contributed by atoms with E-state index in [1.165, 1.54) is 0 Å². The topological polar surface area (TPSA) is 41.6 Å².